The Labute approximate surface area is 112 Å². The Balaban J connectivity index is 2.62. The van der Waals surface area contributed by atoms with Gasteiger partial charge in [-0.25, -0.2) is 4.79 Å². The molecule has 1 amide bonds. The zero-order chi connectivity index (χ0) is 14.2. The minimum atomic E-state index is -0.743. The van der Waals surface area contributed by atoms with Crippen LogP contribution in [0.25, 0.3) is 0 Å². The minimum absolute atomic E-state index is 0.00971. The van der Waals surface area contributed by atoms with Gasteiger partial charge in [0.05, 0.1) is 24.0 Å². The fraction of sp³-hybridized carbons (Fsp3) is 0.429. The number of ether oxygens (including phenoxy) is 1. The van der Waals surface area contributed by atoms with Crippen molar-refractivity contribution < 1.29 is 14.3 Å². The number of para-hydroxylation sites is 1. The molecule has 5 nitrogen and oxygen atoms in total. The maximum atomic E-state index is 12.3. The average Bonchev–Trinajstić information content (AvgIpc) is 2.38. The number of hydrogen-bond acceptors (Lipinski definition) is 4. The van der Waals surface area contributed by atoms with E-state index >= 15 is 0 Å². The summed E-state index contributed by atoms with van der Waals surface area (Å²) in [5.74, 6) is -0.421. The Bertz CT molecular complexity index is 537. The number of anilines is 2. The summed E-state index contributed by atoms with van der Waals surface area (Å²) in [5.41, 5.74) is 1.07. The summed E-state index contributed by atoms with van der Waals surface area (Å²) in [6, 6.07) is 5.27. The molecule has 1 aliphatic heterocycles. The topological polar surface area (TPSA) is 58.6 Å². The van der Waals surface area contributed by atoms with Gasteiger partial charge in [-0.15, -0.1) is 0 Å². The molecule has 0 unspecified atom stereocenters. The van der Waals surface area contributed by atoms with Crippen LogP contribution in [0.4, 0.5) is 11.4 Å². The van der Waals surface area contributed by atoms with Crippen molar-refractivity contribution in [2.24, 2.45) is 0 Å². The van der Waals surface area contributed by atoms with E-state index in [0.717, 1.165) is 5.69 Å². The molecule has 1 aromatic rings. The highest BCUT2D eigenvalue weighted by atomic mass is 16.5. The highest BCUT2D eigenvalue weighted by Gasteiger charge is 2.39. The molecule has 0 fully saturated rings. The molecule has 1 aliphatic rings. The van der Waals surface area contributed by atoms with Crippen LogP contribution in [0.2, 0.25) is 0 Å². The van der Waals surface area contributed by atoms with Crippen molar-refractivity contribution >= 4 is 23.3 Å². The first-order chi connectivity index (χ1) is 8.92. The van der Waals surface area contributed by atoms with Crippen molar-refractivity contribution in [2.45, 2.75) is 26.3 Å². The number of esters is 1. The number of carbonyl (C=O) groups is 2. The molecule has 102 valence electrons. The number of hydrogen-bond donors (Lipinski definition) is 1. The predicted octanol–water partition coefficient (Wildman–Crippen LogP) is 2.03. The molecule has 1 heterocycles. The second-order valence-electron chi connectivity index (χ2n) is 4.99. The van der Waals surface area contributed by atoms with Crippen molar-refractivity contribution in [1.29, 1.82) is 0 Å². The highest BCUT2D eigenvalue weighted by molar-refractivity contribution is 6.11. The average molecular weight is 262 g/mol. The third-order valence-corrected chi connectivity index (χ3v) is 3.27. The molecule has 1 N–H and O–H groups in total. The molecule has 2 rings (SSSR count). The summed E-state index contributed by atoms with van der Waals surface area (Å²) in [5, 5.41) is 3.14. The SMILES string of the molecule is CCN1C(=O)C(C)(C)Nc2c(C(=O)OC)cccc21. The van der Waals surface area contributed by atoms with E-state index in [-0.39, 0.29) is 5.91 Å². The Kier molecular flexibility index (Phi) is 3.22. The fourth-order valence-corrected chi connectivity index (χ4v) is 2.30. The molecular formula is C14H18N2O3. The monoisotopic (exact) mass is 262 g/mol. The predicted molar refractivity (Wildman–Crippen MR) is 73.5 cm³/mol. The molecule has 1 aromatic carbocycles. The van der Waals surface area contributed by atoms with E-state index in [2.05, 4.69) is 5.32 Å². The lowest BCUT2D eigenvalue weighted by atomic mass is 9.96. The van der Waals surface area contributed by atoms with E-state index < -0.39 is 11.5 Å². The van der Waals surface area contributed by atoms with Crippen LogP contribution in [0.15, 0.2) is 18.2 Å². The van der Waals surface area contributed by atoms with Crippen LogP contribution < -0.4 is 10.2 Å². The number of carbonyl (C=O) groups excluding carboxylic acids is 2. The standard InChI is InChI=1S/C14H18N2O3/c1-5-16-10-8-6-7-9(12(17)19-4)11(10)15-14(2,3)13(16)18/h6-8,15H,5H2,1-4H3. The Morgan fingerprint density at radius 2 is 2.11 bits per heavy atom. The van der Waals surface area contributed by atoms with Crippen LogP contribution >= 0.6 is 0 Å². The van der Waals surface area contributed by atoms with E-state index in [9.17, 15) is 9.59 Å². The molecule has 0 aromatic heterocycles. The number of methoxy groups -OCH3 is 1. The molecule has 0 atom stereocenters. The van der Waals surface area contributed by atoms with Crippen LogP contribution in [-0.2, 0) is 9.53 Å². The molecule has 0 radical (unpaired) electrons. The molecule has 0 aliphatic carbocycles. The van der Waals surface area contributed by atoms with Crippen LogP contribution in [0, 0.1) is 0 Å². The Morgan fingerprint density at radius 1 is 1.42 bits per heavy atom. The van der Waals surface area contributed by atoms with E-state index in [1.165, 1.54) is 7.11 Å². The van der Waals surface area contributed by atoms with Gasteiger partial charge in [0.2, 0.25) is 0 Å². The molecular weight excluding hydrogens is 244 g/mol. The smallest absolute Gasteiger partial charge is 0.340 e. The van der Waals surface area contributed by atoms with Gasteiger partial charge in [-0.05, 0) is 32.9 Å². The Hall–Kier alpha value is -2.04. The summed E-state index contributed by atoms with van der Waals surface area (Å²) in [6.45, 7) is 6.07. The van der Waals surface area contributed by atoms with Crippen molar-refractivity contribution in [3.63, 3.8) is 0 Å². The van der Waals surface area contributed by atoms with Crippen molar-refractivity contribution in [1.82, 2.24) is 0 Å². The molecule has 0 saturated heterocycles. The first-order valence-corrected chi connectivity index (χ1v) is 6.24. The maximum absolute atomic E-state index is 12.3. The number of likely N-dealkylation sites (N-methyl/N-ethyl adjacent to an activating group) is 1. The van der Waals surface area contributed by atoms with Gasteiger partial charge in [0.15, 0.2) is 0 Å². The Morgan fingerprint density at radius 3 is 2.68 bits per heavy atom. The lowest BCUT2D eigenvalue weighted by Crippen LogP contribution is -2.54. The van der Waals surface area contributed by atoms with Crippen molar-refractivity contribution in [3.05, 3.63) is 23.8 Å². The number of amides is 1. The van der Waals surface area contributed by atoms with Crippen LogP contribution in [0.3, 0.4) is 0 Å². The third-order valence-electron chi connectivity index (χ3n) is 3.27. The van der Waals surface area contributed by atoms with E-state index in [1.807, 2.05) is 13.0 Å². The number of nitrogens with zero attached hydrogens (tertiary/aromatic N) is 1. The third kappa shape index (κ3) is 2.05. The van der Waals surface area contributed by atoms with Crippen LogP contribution in [0.5, 0.6) is 0 Å². The molecule has 5 heteroatoms. The van der Waals surface area contributed by atoms with Gasteiger partial charge in [-0.3, -0.25) is 4.79 Å². The summed E-state index contributed by atoms with van der Waals surface area (Å²) in [7, 11) is 1.35. The lowest BCUT2D eigenvalue weighted by molar-refractivity contribution is -0.122. The summed E-state index contributed by atoms with van der Waals surface area (Å²) < 4.78 is 4.78. The second kappa shape index (κ2) is 4.57. The van der Waals surface area contributed by atoms with Gasteiger partial charge in [0, 0.05) is 6.54 Å². The quantitative estimate of drug-likeness (QED) is 0.828. The normalized spacial score (nSPS) is 16.6. The van der Waals surface area contributed by atoms with Gasteiger partial charge >= 0.3 is 5.97 Å². The zero-order valence-electron chi connectivity index (χ0n) is 11.6. The number of rotatable bonds is 2. The molecule has 0 saturated carbocycles. The zero-order valence-corrected chi connectivity index (χ0v) is 11.6. The first-order valence-electron chi connectivity index (χ1n) is 6.24. The van der Waals surface area contributed by atoms with Gasteiger partial charge in [-0.1, -0.05) is 6.07 Å². The number of nitrogens with one attached hydrogen (secondary N) is 1. The molecule has 0 bridgehead atoms. The first kappa shape index (κ1) is 13.4. The van der Waals surface area contributed by atoms with E-state index in [1.54, 1.807) is 30.9 Å². The molecule has 0 spiro atoms. The minimum Gasteiger partial charge on any atom is -0.465 e. The number of benzene rings is 1. The summed E-state index contributed by atoms with van der Waals surface area (Å²) in [6.07, 6.45) is 0. The second-order valence-corrected chi connectivity index (χ2v) is 4.99. The number of fused-ring (bicyclic) bond motifs is 1. The van der Waals surface area contributed by atoms with Gasteiger partial charge in [0.25, 0.3) is 5.91 Å². The van der Waals surface area contributed by atoms with E-state index in [0.29, 0.717) is 17.8 Å². The molecule has 19 heavy (non-hydrogen) atoms. The summed E-state index contributed by atoms with van der Waals surface area (Å²) >= 11 is 0. The summed E-state index contributed by atoms with van der Waals surface area (Å²) in [4.78, 5) is 25.8. The van der Waals surface area contributed by atoms with Crippen LogP contribution in [-0.4, -0.2) is 31.1 Å². The van der Waals surface area contributed by atoms with Crippen LogP contribution in [0.1, 0.15) is 31.1 Å². The largest absolute Gasteiger partial charge is 0.465 e. The maximum Gasteiger partial charge on any atom is 0.340 e. The lowest BCUT2D eigenvalue weighted by Gasteiger charge is -2.40. The van der Waals surface area contributed by atoms with Gasteiger partial charge in [0.1, 0.15) is 5.54 Å². The van der Waals surface area contributed by atoms with Gasteiger partial charge in [-0.2, -0.15) is 0 Å². The van der Waals surface area contributed by atoms with E-state index in [4.69, 9.17) is 4.74 Å². The highest BCUT2D eigenvalue weighted by Crippen LogP contribution is 2.37. The van der Waals surface area contributed by atoms with Gasteiger partial charge < -0.3 is 15.0 Å². The fourth-order valence-electron chi connectivity index (χ4n) is 2.30. The van der Waals surface area contributed by atoms with Crippen molar-refractivity contribution in [2.75, 3.05) is 23.9 Å². The van der Waals surface area contributed by atoms with Crippen molar-refractivity contribution in [3.8, 4) is 0 Å².